The third kappa shape index (κ3) is 3.65. The van der Waals surface area contributed by atoms with Crippen molar-refractivity contribution in [1.82, 2.24) is 4.90 Å². The van der Waals surface area contributed by atoms with Gasteiger partial charge in [0.15, 0.2) is 5.78 Å². The number of fused-ring (bicyclic) bond motifs is 1. The van der Waals surface area contributed by atoms with Gasteiger partial charge in [0.1, 0.15) is 0 Å². The predicted molar refractivity (Wildman–Crippen MR) is 113 cm³/mol. The van der Waals surface area contributed by atoms with E-state index in [1.807, 2.05) is 6.07 Å². The van der Waals surface area contributed by atoms with Gasteiger partial charge in [0.05, 0.1) is 10.6 Å². The molecule has 1 aliphatic rings. The van der Waals surface area contributed by atoms with E-state index in [0.717, 1.165) is 25.2 Å². The molecule has 3 aromatic rings. The topological polar surface area (TPSA) is 46.3 Å². The molecule has 138 valence electrons. The molecule has 27 heavy (non-hydrogen) atoms. The van der Waals surface area contributed by atoms with Gasteiger partial charge in [-0.15, -0.1) is 11.3 Å². The summed E-state index contributed by atoms with van der Waals surface area (Å²) in [6, 6.07) is 17.5. The van der Waals surface area contributed by atoms with Gasteiger partial charge in [0.25, 0.3) is 0 Å². The van der Waals surface area contributed by atoms with Gasteiger partial charge < -0.3 is 5.73 Å². The first-order valence-electron chi connectivity index (χ1n) is 9.00. The summed E-state index contributed by atoms with van der Waals surface area (Å²) >= 11 is 7.50. The van der Waals surface area contributed by atoms with E-state index in [1.54, 1.807) is 35.6 Å². The first-order valence-corrected chi connectivity index (χ1v) is 10.2. The Hall–Kier alpha value is -2.14. The first kappa shape index (κ1) is 18.2. The molecule has 0 saturated heterocycles. The second kappa shape index (κ2) is 7.47. The summed E-state index contributed by atoms with van der Waals surface area (Å²) in [5.74, 6) is 0.252. The van der Waals surface area contributed by atoms with Gasteiger partial charge in [-0.1, -0.05) is 48.9 Å². The number of nitrogens with zero attached hydrogens (tertiary/aromatic N) is 1. The van der Waals surface area contributed by atoms with Crippen molar-refractivity contribution in [3.05, 3.63) is 86.8 Å². The molecule has 1 unspecified atom stereocenters. The Morgan fingerprint density at radius 2 is 1.89 bits per heavy atom. The van der Waals surface area contributed by atoms with Crippen molar-refractivity contribution in [2.24, 2.45) is 0 Å². The average Bonchev–Trinajstić information content (AvgIpc) is 2.99. The predicted octanol–water partition coefficient (Wildman–Crippen LogP) is 5.33. The highest BCUT2D eigenvalue weighted by Gasteiger charge is 2.31. The van der Waals surface area contributed by atoms with Crippen LogP contribution >= 0.6 is 22.9 Å². The maximum Gasteiger partial charge on any atom is 0.196 e. The summed E-state index contributed by atoms with van der Waals surface area (Å²) in [4.78, 5) is 16.7. The summed E-state index contributed by atoms with van der Waals surface area (Å²) < 4.78 is 0. The lowest BCUT2D eigenvalue weighted by molar-refractivity contribution is 0.103. The number of carbonyl (C=O) groups is 1. The number of nitrogens with two attached hydrogens (primary N) is 1. The fraction of sp³-hybridized carbons (Fsp3) is 0.227. The maximum atomic E-state index is 13.1. The zero-order chi connectivity index (χ0) is 19.0. The Morgan fingerprint density at radius 3 is 2.59 bits per heavy atom. The van der Waals surface area contributed by atoms with Crippen LogP contribution in [0.15, 0.2) is 54.6 Å². The minimum Gasteiger partial charge on any atom is -0.390 e. The lowest BCUT2D eigenvalue weighted by atomic mass is 9.89. The van der Waals surface area contributed by atoms with Crippen molar-refractivity contribution in [1.29, 1.82) is 0 Å². The SMILES string of the molecule is CC1CN(Cc2ccccc2)Cc2sc(N)c(C(=O)c3ccc(Cl)cc3)c21. The van der Waals surface area contributed by atoms with Gasteiger partial charge in [0.2, 0.25) is 0 Å². The van der Waals surface area contributed by atoms with Crippen LogP contribution in [0, 0.1) is 0 Å². The summed E-state index contributed by atoms with van der Waals surface area (Å²) in [5.41, 5.74) is 10.0. The van der Waals surface area contributed by atoms with E-state index in [-0.39, 0.29) is 11.7 Å². The molecule has 0 radical (unpaired) electrons. The molecule has 4 rings (SSSR count). The summed E-state index contributed by atoms with van der Waals surface area (Å²) in [5, 5.41) is 1.24. The molecule has 0 fully saturated rings. The van der Waals surface area contributed by atoms with E-state index in [9.17, 15) is 4.79 Å². The summed E-state index contributed by atoms with van der Waals surface area (Å²) in [6.07, 6.45) is 0. The number of ketones is 1. The van der Waals surface area contributed by atoms with Gasteiger partial charge in [-0.2, -0.15) is 0 Å². The van der Waals surface area contributed by atoms with Crippen LogP contribution in [0.2, 0.25) is 5.02 Å². The van der Waals surface area contributed by atoms with Crippen LogP contribution in [0.3, 0.4) is 0 Å². The van der Waals surface area contributed by atoms with Crippen LogP contribution in [-0.2, 0) is 13.1 Å². The minimum absolute atomic E-state index is 0.00924. The van der Waals surface area contributed by atoms with E-state index in [0.29, 0.717) is 21.2 Å². The highest BCUT2D eigenvalue weighted by molar-refractivity contribution is 7.16. The number of carbonyl (C=O) groups excluding carboxylic acids is 1. The fourth-order valence-electron chi connectivity index (χ4n) is 3.84. The highest BCUT2D eigenvalue weighted by atomic mass is 35.5. The number of benzene rings is 2. The lowest BCUT2D eigenvalue weighted by Gasteiger charge is -2.31. The Bertz CT molecular complexity index is 966. The van der Waals surface area contributed by atoms with Gasteiger partial charge in [-0.3, -0.25) is 9.69 Å². The molecule has 3 nitrogen and oxygen atoms in total. The quantitative estimate of drug-likeness (QED) is 0.606. The van der Waals surface area contributed by atoms with Gasteiger partial charge in [0, 0.05) is 35.1 Å². The van der Waals surface area contributed by atoms with Crippen molar-refractivity contribution >= 4 is 33.7 Å². The van der Waals surface area contributed by atoms with E-state index in [2.05, 4.69) is 36.1 Å². The Labute approximate surface area is 168 Å². The second-order valence-corrected chi connectivity index (χ2v) is 8.64. The average molecular weight is 397 g/mol. The molecule has 0 amide bonds. The van der Waals surface area contributed by atoms with Gasteiger partial charge in [-0.05, 0) is 41.3 Å². The van der Waals surface area contributed by atoms with Crippen LogP contribution < -0.4 is 5.73 Å². The molecule has 2 N–H and O–H groups in total. The third-order valence-corrected chi connectivity index (χ3v) is 6.30. The van der Waals surface area contributed by atoms with Crippen molar-refractivity contribution < 1.29 is 4.79 Å². The van der Waals surface area contributed by atoms with E-state index < -0.39 is 0 Å². The normalized spacial score (nSPS) is 16.9. The molecule has 1 aromatic heterocycles. The number of hydrogen-bond donors (Lipinski definition) is 1. The maximum absolute atomic E-state index is 13.1. The summed E-state index contributed by atoms with van der Waals surface area (Å²) in [6.45, 7) is 4.83. The van der Waals surface area contributed by atoms with E-state index >= 15 is 0 Å². The number of halogens is 1. The molecular weight excluding hydrogens is 376 g/mol. The fourth-order valence-corrected chi connectivity index (χ4v) is 5.19. The largest absolute Gasteiger partial charge is 0.390 e. The van der Waals surface area contributed by atoms with Crippen LogP contribution in [-0.4, -0.2) is 17.2 Å². The standard InChI is InChI=1S/C22H21ClN2OS/c1-14-11-25(12-15-5-3-2-4-6-15)13-18-19(14)20(22(24)27-18)21(26)16-7-9-17(23)10-8-16/h2-10,14H,11-13,24H2,1H3. The monoisotopic (exact) mass is 396 g/mol. The number of nitrogen functional groups attached to an aromatic ring is 1. The molecule has 2 aromatic carbocycles. The molecule has 1 aliphatic heterocycles. The van der Waals surface area contributed by atoms with Crippen LogP contribution in [0.1, 0.15) is 44.8 Å². The number of rotatable bonds is 4. The Morgan fingerprint density at radius 1 is 1.19 bits per heavy atom. The number of thiophene rings is 1. The highest BCUT2D eigenvalue weighted by Crippen LogP contribution is 2.41. The van der Waals surface area contributed by atoms with E-state index in [4.69, 9.17) is 17.3 Å². The number of hydrogen-bond acceptors (Lipinski definition) is 4. The van der Waals surface area contributed by atoms with Gasteiger partial charge >= 0.3 is 0 Å². The van der Waals surface area contributed by atoms with Crippen LogP contribution in [0.5, 0.6) is 0 Å². The van der Waals surface area contributed by atoms with Crippen molar-refractivity contribution in [3.8, 4) is 0 Å². The zero-order valence-corrected chi connectivity index (χ0v) is 16.7. The third-order valence-electron chi connectivity index (χ3n) is 5.02. The molecule has 0 spiro atoms. The van der Waals surface area contributed by atoms with E-state index in [1.165, 1.54) is 10.4 Å². The zero-order valence-electron chi connectivity index (χ0n) is 15.1. The smallest absolute Gasteiger partial charge is 0.196 e. The second-order valence-electron chi connectivity index (χ2n) is 7.07. The molecular formula is C22H21ClN2OS. The molecule has 5 heteroatoms. The Kier molecular flexibility index (Phi) is 5.04. The minimum atomic E-state index is -0.00924. The molecule has 2 heterocycles. The van der Waals surface area contributed by atoms with Gasteiger partial charge in [-0.25, -0.2) is 0 Å². The number of anilines is 1. The van der Waals surface area contributed by atoms with Crippen molar-refractivity contribution in [2.45, 2.75) is 25.9 Å². The first-order chi connectivity index (χ1) is 13.0. The molecule has 0 bridgehead atoms. The van der Waals surface area contributed by atoms with Crippen LogP contribution in [0.4, 0.5) is 5.00 Å². The summed E-state index contributed by atoms with van der Waals surface area (Å²) in [7, 11) is 0. The molecule has 0 aliphatic carbocycles. The van der Waals surface area contributed by atoms with Crippen LogP contribution in [0.25, 0.3) is 0 Å². The molecule has 0 saturated carbocycles. The molecule has 1 atom stereocenters. The lowest BCUT2D eigenvalue weighted by Crippen LogP contribution is -2.32. The van der Waals surface area contributed by atoms with Crippen molar-refractivity contribution in [3.63, 3.8) is 0 Å². The Balaban J connectivity index is 1.63. The van der Waals surface area contributed by atoms with Crippen molar-refractivity contribution in [2.75, 3.05) is 12.3 Å².